The number of nitrogens with zero attached hydrogens (tertiary/aromatic N) is 1. The Morgan fingerprint density at radius 3 is 2.79 bits per heavy atom. The van der Waals surface area contributed by atoms with Gasteiger partial charge in [-0.05, 0) is 30.2 Å². The summed E-state index contributed by atoms with van der Waals surface area (Å²) < 4.78 is 10.8. The van der Waals surface area contributed by atoms with Gasteiger partial charge in [0.25, 0.3) is 0 Å². The Morgan fingerprint density at radius 1 is 1.17 bits per heavy atom. The number of hydrogen-bond donors (Lipinski definition) is 1. The van der Waals surface area contributed by atoms with E-state index in [4.69, 9.17) is 9.15 Å². The summed E-state index contributed by atoms with van der Waals surface area (Å²) in [6.45, 7) is 4.27. The van der Waals surface area contributed by atoms with Gasteiger partial charge in [-0.1, -0.05) is 18.2 Å². The molecule has 0 spiro atoms. The van der Waals surface area contributed by atoms with E-state index in [-0.39, 0.29) is 17.7 Å². The van der Waals surface area contributed by atoms with Crippen molar-refractivity contribution < 1.29 is 13.9 Å². The molecule has 1 aliphatic carbocycles. The predicted molar refractivity (Wildman–Crippen MR) is 90.7 cm³/mol. The van der Waals surface area contributed by atoms with Gasteiger partial charge in [-0.2, -0.15) is 0 Å². The summed E-state index contributed by atoms with van der Waals surface area (Å²) in [6, 6.07) is 11.9. The molecule has 2 atom stereocenters. The molecule has 1 saturated heterocycles. The third kappa shape index (κ3) is 3.37. The van der Waals surface area contributed by atoms with E-state index in [0.717, 1.165) is 56.3 Å². The van der Waals surface area contributed by atoms with Crippen LogP contribution in [-0.4, -0.2) is 37.1 Å². The SMILES string of the molecule is O=C(Nc1ccccc1CN1CCOCC1)[C@H]1C[C@@H]1c1ccco1. The van der Waals surface area contributed by atoms with Gasteiger partial charge in [0.15, 0.2) is 0 Å². The van der Waals surface area contributed by atoms with E-state index in [2.05, 4.69) is 16.3 Å². The Bertz CT molecular complexity index is 692. The highest BCUT2D eigenvalue weighted by Crippen LogP contribution is 2.48. The standard InChI is InChI=1S/C19H22N2O3/c22-19(16-12-15(16)18-6-3-9-24-18)20-17-5-2-1-4-14(17)13-21-7-10-23-11-8-21/h1-6,9,15-16H,7-8,10-13H2,(H,20,22)/t15-,16-/m0/s1. The predicted octanol–water partition coefficient (Wildman–Crippen LogP) is 2.85. The zero-order chi connectivity index (χ0) is 16.4. The van der Waals surface area contributed by atoms with Crippen LogP contribution in [0.1, 0.15) is 23.7 Å². The minimum atomic E-state index is 0.0209. The first kappa shape index (κ1) is 15.4. The molecule has 4 rings (SSSR count). The van der Waals surface area contributed by atoms with Gasteiger partial charge >= 0.3 is 0 Å². The fourth-order valence-electron chi connectivity index (χ4n) is 3.31. The average molecular weight is 326 g/mol. The lowest BCUT2D eigenvalue weighted by Gasteiger charge is -2.27. The lowest BCUT2D eigenvalue weighted by Crippen LogP contribution is -2.35. The zero-order valence-corrected chi connectivity index (χ0v) is 13.6. The molecule has 1 aromatic carbocycles. The third-order valence-corrected chi connectivity index (χ3v) is 4.81. The Kier molecular flexibility index (Phi) is 4.36. The van der Waals surface area contributed by atoms with Crippen molar-refractivity contribution in [1.29, 1.82) is 0 Å². The quantitative estimate of drug-likeness (QED) is 0.918. The molecular formula is C19H22N2O3. The monoisotopic (exact) mass is 326 g/mol. The van der Waals surface area contributed by atoms with Gasteiger partial charge in [-0.15, -0.1) is 0 Å². The summed E-state index contributed by atoms with van der Waals surface area (Å²) >= 11 is 0. The van der Waals surface area contributed by atoms with Gasteiger partial charge in [-0.25, -0.2) is 0 Å². The normalized spacial score (nSPS) is 23.8. The van der Waals surface area contributed by atoms with Crippen LogP contribution in [-0.2, 0) is 16.1 Å². The average Bonchev–Trinajstić information content (AvgIpc) is 3.23. The molecule has 0 radical (unpaired) electrons. The van der Waals surface area contributed by atoms with Crippen molar-refractivity contribution >= 4 is 11.6 Å². The van der Waals surface area contributed by atoms with Gasteiger partial charge < -0.3 is 14.5 Å². The number of para-hydroxylation sites is 1. The Morgan fingerprint density at radius 2 is 2.00 bits per heavy atom. The summed E-state index contributed by atoms with van der Waals surface area (Å²) in [6.07, 6.45) is 2.53. The molecule has 2 aliphatic rings. The van der Waals surface area contributed by atoms with Crippen molar-refractivity contribution in [3.63, 3.8) is 0 Å². The van der Waals surface area contributed by atoms with Crippen LogP contribution in [0.2, 0.25) is 0 Å². The van der Waals surface area contributed by atoms with Crippen LogP contribution in [0.3, 0.4) is 0 Å². The molecule has 1 saturated carbocycles. The molecule has 1 aliphatic heterocycles. The molecule has 1 amide bonds. The van der Waals surface area contributed by atoms with Gasteiger partial charge in [0, 0.05) is 37.2 Å². The summed E-state index contributed by atoms with van der Waals surface area (Å²) in [5.74, 6) is 1.25. The highest BCUT2D eigenvalue weighted by atomic mass is 16.5. The number of furan rings is 1. The first-order valence-electron chi connectivity index (χ1n) is 8.53. The third-order valence-electron chi connectivity index (χ3n) is 4.81. The fraction of sp³-hybridized carbons (Fsp3) is 0.421. The molecule has 126 valence electrons. The number of ether oxygens (including phenoxy) is 1. The number of carbonyl (C=O) groups excluding carboxylic acids is 1. The number of hydrogen-bond acceptors (Lipinski definition) is 4. The fourth-order valence-corrected chi connectivity index (χ4v) is 3.31. The highest BCUT2D eigenvalue weighted by molar-refractivity contribution is 5.95. The maximum Gasteiger partial charge on any atom is 0.228 e. The van der Waals surface area contributed by atoms with E-state index < -0.39 is 0 Å². The Labute approximate surface area is 141 Å². The van der Waals surface area contributed by atoms with E-state index in [1.54, 1.807) is 6.26 Å². The zero-order valence-electron chi connectivity index (χ0n) is 13.6. The molecular weight excluding hydrogens is 304 g/mol. The number of benzene rings is 1. The van der Waals surface area contributed by atoms with Crippen LogP contribution >= 0.6 is 0 Å². The summed E-state index contributed by atoms with van der Waals surface area (Å²) in [5, 5.41) is 3.12. The van der Waals surface area contributed by atoms with E-state index in [1.165, 1.54) is 0 Å². The molecule has 5 nitrogen and oxygen atoms in total. The molecule has 1 aromatic heterocycles. The second kappa shape index (κ2) is 6.79. The molecule has 1 N–H and O–H groups in total. The molecule has 2 heterocycles. The van der Waals surface area contributed by atoms with E-state index in [0.29, 0.717) is 0 Å². The minimum absolute atomic E-state index is 0.0209. The Hall–Kier alpha value is -2.11. The van der Waals surface area contributed by atoms with E-state index >= 15 is 0 Å². The summed E-state index contributed by atoms with van der Waals surface area (Å²) in [5.41, 5.74) is 2.07. The lowest BCUT2D eigenvalue weighted by atomic mass is 10.1. The van der Waals surface area contributed by atoms with Gasteiger partial charge in [0.05, 0.1) is 19.5 Å². The maximum absolute atomic E-state index is 12.5. The van der Waals surface area contributed by atoms with Crippen LogP contribution < -0.4 is 5.32 Å². The van der Waals surface area contributed by atoms with Crippen molar-refractivity contribution in [2.24, 2.45) is 5.92 Å². The lowest BCUT2D eigenvalue weighted by molar-refractivity contribution is -0.117. The van der Waals surface area contributed by atoms with Crippen molar-refractivity contribution in [2.45, 2.75) is 18.9 Å². The number of nitrogens with one attached hydrogen (secondary N) is 1. The molecule has 0 bridgehead atoms. The summed E-state index contributed by atoms with van der Waals surface area (Å²) in [4.78, 5) is 14.9. The van der Waals surface area contributed by atoms with Crippen LogP contribution in [0.4, 0.5) is 5.69 Å². The number of amides is 1. The van der Waals surface area contributed by atoms with Gasteiger partial charge in [0.2, 0.25) is 5.91 Å². The van der Waals surface area contributed by atoms with E-state index in [1.807, 2.05) is 30.3 Å². The van der Waals surface area contributed by atoms with Crippen molar-refractivity contribution in [2.75, 3.05) is 31.6 Å². The van der Waals surface area contributed by atoms with Crippen molar-refractivity contribution in [3.8, 4) is 0 Å². The number of carbonyl (C=O) groups is 1. The Balaban J connectivity index is 1.40. The molecule has 2 fully saturated rings. The first-order valence-corrected chi connectivity index (χ1v) is 8.53. The first-order chi connectivity index (χ1) is 11.8. The second-order valence-electron chi connectivity index (χ2n) is 6.50. The second-order valence-corrected chi connectivity index (χ2v) is 6.50. The minimum Gasteiger partial charge on any atom is -0.469 e. The smallest absolute Gasteiger partial charge is 0.228 e. The maximum atomic E-state index is 12.5. The molecule has 0 unspecified atom stereocenters. The van der Waals surface area contributed by atoms with Crippen LogP contribution in [0, 0.1) is 5.92 Å². The van der Waals surface area contributed by atoms with Crippen LogP contribution in [0.25, 0.3) is 0 Å². The topological polar surface area (TPSA) is 54.7 Å². The van der Waals surface area contributed by atoms with Crippen LogP contribution in [0.15, 0.2) is 47.1 Å². The number of morpholine rings is 1. The van der Waals surface area contributed by atoms with Crippen LogP contribution in [0.5, 0.6) is 0 Å². The molecule has 5 heteroatoms. The number of anilines is 1. The largest absolute Gasteiger partial charge is 0.469 e. The number of rotatable bonds is 5. The van der Waals surface area contributed by atoms with Gasteiger partial charge in [0.1, 0.15) is 5.76 Å². The molecule has 24 heavy (non-hydrogen) atoms. The summed E-state index contributed by atoms with van der Waals surface area (Å²) in [7, 11) is 0. The van der Waals surface area contributed by atoms with Gasteiger partial charge in [-0.3, -0.25) is 9.69 Å². The molecule has 2 aromatic rings. The highest BCUT2D eigenvalue weighted by Gasteiger charge is 2.45. The van der Waals surface area contributed by atoms with Crippen molar-refractivity contribution in [3.05, 3.63) is 54.0 Å². The van der Waals surface area contributed by atoms with E-state index in [9.17, 15) is 4.79 Å². The van der Waals surface area contributed by atoms with Crippen molar-refractivity contribution in [1.82, 2.24) is 4.90 Å².